The highest BCUT2D eigenvalue weighted by molar-refractivity contribution is 5.56. The molecular formula is C28H36O2. The second kappa shape index (κ2) is 15.2. The zero-order valence-corrected chi connectivity index (χ0v) is 19.1. The van der Waals surface area contributed by atoms with Crippen molar-refractivity contribution >= 4 is 12.2 Å². The van der Waals surface area contributed by atoms with Crippen LogP contribution in [0.5, 0.6) is 0 Å². The van der Waals surface area contributed by atoms with Gasteiger partial charge in [0.2, 0.25) is 0 Å². The van der Waals surface area contributed by atoms with Gasteiger partial charge in [0.25, 0.3) is 0 Å². The maximum atomic E-state index is 8.85. The van der Waals surface area contributed by atoms with E-state index in [-0.39, 0.29) is 6.61 Å². The summed E-state index contributed by atoms with van der Waals surface area (Å²) >= 11 is 0. The molecule has 0 aromatic heterocycles. The number of rotatable bonds is 8. The summed E-state index contributed by atoms with van der Waals surface area (Å²) in [6.45, 7) is 11.8. The van der Waals surface area contributed by atoms with Crippen molar-refractivity contribution in [3.8, 4) is 0 Å². The lowest BCUT2D eigenvalue weighted by Gasteiger charge is -2.02. The van der Waals surface area contributed by atoms with Crippen molar-refractivity contribution in [1.82, 2.24) is 0 Å². The molecule has 0 heterocycles. The summed E-state index contributed by atoms with van der Waals surface area (Å²) in [4.78, 5) is 0. The molecule has 0 unspecified atom stereocenters. The molecule has 2 rings (SSSR count). The van der Waals surface area contributed by atoms with Gasteiger partial charge in [-0.05, 0) is 56.9 Å². The van der Waals surface area contributed by atoms with E-state index >= 15 is 0 Å². The Bertz CT molecular complexity index is 841. The van der Waals surface area contributed by atoms with Gasteiger partial charge < -0.3 is 9.84 Å². The fraction of sp³-hybridized carbons (Fsp3) is 0.286. The summed E-state index contributed by atoms with van der Waals surface area (Å²) < 4.78 is 5.35. The molecular weight excluding hydrogens is 368 g/mol. The summed E-state index contributed by atoms with van der Waals surface area (Å²) in [6.07, 6.45) is 8.43. The van der Waals surface area contributed by atoms with Crippen LogP contribution >= 0.6 is 0 Å². The molecule has 0 aliphatic rings. The Labute approximate surface area is 182 Å². The lowest BCUT2D eigenvalue weighted by atomic mass is 10.1. The number of hydrogen-bond acceptors (Lipinski definition) is 2. The van der Waals surface area contributed by atoms with Crippen LogP contribution in [0.25, 0.3) is 12.2 Å². The maximum Gasteiger partial charge on any atom is 0.0677 e. The fourth-order valence-corrected chi connectivity index (χ4v) is 2.84. The summed E-state index contributed by atoms with van der Waals surface area (Å²) in [6, 6.07) is 20.5. The zero-order chi connectivity index (χ0) is 22.2. The van der Waals surface area contributed by atoms with Crippen LogP contribution in [-0.4, -0.2) is 24.9 Å². The molecule has 0 amide bonds. The number of aliphatic hydroxyl groups is 1. The van der Waals surface area contributed by atoms with Gasteiger partial charge in [0, 0.05) is 6.61 Å². The Kier molecular flexibility index (Phi) is 12.8. The number of allylic oxidation sites excluding steroid dienone is 4. The van der Waals surface area contributed by atoms with Crippen molar-refractivity contribution in [1.29, 1.82) is 0 Å². The summed E-state index contributed by atoms with van der Waals surface area (Å²) in [5.41, 5.74) is 7.07. The van der Waals surface area contributed by atoms with Gasteiger partial charge in [-0.2, -0.15) is 0 Å². The molecule has 0 saturated carbocycles. The highest BCUT2D eigenvalue weighted by atomic mass is 16.5. The molecule has 0 atom stereocenters. The lowest BCUT2D eigenvalue weighted by Crippen LogP contribution is -1.94. The van der Waals surface area contributed by atoms with Crippen LogP contribution in [0.2, 0.25) is 0 Å². The van der Waals surface area contributed by atoms with Crippen LogP contribution in [0.1, 0.15) is 45.7 Å². The highest BCUT2D eigenvalue weighted by Gasteiger charge is 1.92. The Morgan fingerprint density at radius 3 is 1.57 bits per heavy atom. The maximum absolute atomic E-state index is 8.85. The number of ether oxygens (including phenoxy) is 1. The average Bonchev–Trinajstić information content (AvgIpc) is 2.74. The summed E-state index contributed by atoms with van der Waals surface area (Å²) in [5, 5.41) is 8.85. The molecule has 30 heavy (non-hydrogen) atoms. The van der Waals surface area contributed by atoms with E-state index in [2.05, 4.69) is 68.5 Å². The molecule has 0 radical (unpaired) electrons. The normalized spacial score (nSPS) is 13.0. The van der Waals surface area contributed by atoms with E-state index in [1.54, 1.807) is 0 Å². The standard InChI is InChI=1S/C15H20O.C13H16O/c1-4-16-12-14(3)10-13(2)11-15-8-6-5-7-9-15;1-11(8-12(2)10-14)9-13-6-4-3-5-7-13/h5-11H,4,12H2,1-3H3;3-9,14H,10H2,1-2H3/b13-11+,14-10+;11-9+,12-8+. The van der Waals surface area contributed by atoms with Gasteiger partial charge in [0.05, 0.1) is 13.2 Å². The quantitative estimate of drug-likeness (QED) is 0.475. The first-order chi connectivity index (χ1) is 14.4. The van der Waals surface area contributed by atoms with Crippen LogP contribution < -0.4 is 0 Å². The molecule has 2 aromatic rings. The molecule has 160 valence electrons. The lowest BCUT2D eigenvalue weighted by molar-refractivity contribution is 0.171. The Balaban J connectivity index is 0.000000303. The van der Waals surface area contributed by atoms with Crippen LogP contribution in [0.4, 0.5) is 0 Å². The number of benzene rings is 2. The van der Waals surface area contributed by atoms with Gasteiger partial charge in [-0.3, -0.25) is 0 Å². The topological polar surface area (TPSA) is 29.5 Å². The van der Waals surface area contributed by atoms with Gasteiger partial charge in [0.15, 0.2) is 0 Å². The van der Waals surface area contributed by atoms with Crippen molar-refractivity contribution in [3.05, 3.63) is 106 Å². The molecule has 0 aliphatic carbocycles. The van der Waals surface area contributed by atoms with Crippen LogP contribution in [0, 0.1) is 0 Å². The first kappa shape index (κ1) is 25.4. The monoisotopic (exact) mass is 404 g/mol. The van der Waals surface area contributed by atoms with Gasteiger partial charge in [-0.1, -0.05) is 96.1 Å². The molecule has 0 spiro atoms. The molecule has 2 aromatic carbocycles. The number of aliphatic hydroxyl groups excluding tert-OH is 1. The van der Waals surface area contributed by atoms with E-state index in [0.29, 0.717) is 0 Å². The first-order valence-corrected chi connectivity index (χ1v) is 10.4. The molecule has 0 fully saturated rings. The summed E-state index contributed by atoms with van der Waals surface area (Å²) in [5.74, 6) is 0. The van der Waals surface area contributed by atoms with E-state index in [0.717, 1.165) is 24.4 Å². The van der Waals surface area contributed by atoms with E-state index < -0.39 is 0 Å². The third kappa shape index (κ3) is 12.0. The fourth-order valence-electron chi connectivity index (χ4n) is 2.84. The third-order valence-corrected chi connectivity index (χ3v) is 4.12. The minimum atomic E-state index is 0.125. The van der Waals surface area contributed by atoms with Crippen LogP contribution in [0.15, 0.2) is 95.1 Å². The van der Waals surface area contributed by atoms with E-state index in [1.807, 2.05) is 51.1 Å². The molecule has 1 N–H and O–H groups in total. The number of hydrogen-bond donors (Lipinski definition) is 1. The van der Waals surface area contributed by atoms with Crippen molar-refractivity contribution < 1.29 is 9.84 Å². The molecule has 0 aliphatic heterocycles. The van der Waals surface area contributed by atoms with E-state index in [9.17, 15) is 0 Å². The average molecular weight is 405 g/mol. The second-order valence-corrected chi connectivity index (χ2v) is 7.37. The zero-order valence-electron chi connectivity index (χ0n) is 19.1. The smallest absolute Gasteiger partial charge is 0.0677 e. The minimum Gasteiger partial charge on any atom is -0.392 e. The van der Waals surface area contributed by atoms with Crippen molar-refractivity contribution in [2.75, 3.05) is 19.8 Å². The van der Waals surface area contributed by atoms with E-state index in [1.165, 1.54) is 22.3 Å². The summed E-state index contributed by atoms with van der Waals surface area (Å²) in [7, 11) is 0. The van der Waals surface area contributed by atoms with Crippen molar-refractivity contribution in [2.24, 2.45) is 0 Å². The third-order valence-electron chi connectivity index (χ3n) is 4.12. The first-order valence-electron chi connectivity index (χ1n) is 10.4. The minimum absolute atomic E-state index is 0.125. The molecule has 0 saturated heterocycles. The molecule has 2 heteroatoms. The van der Waals surface area contributed by atoms with Gasteiger partial charge in [-0.15, -0.1) is 0 Å². The molecule has 2 nitrogen and oxygen atoms in total. The predicted molar refractivity (Wildman–Crippen MR) is 131 cm³/mol. The second-order valence-electron chi connectivity index (χ2n) is 7.37. The predicted octanol–water partition coefficient (Wildman–Crippen LogP) is 7.10. The van der Waals surface area contributed by atoms with Gasteiger partial charge in [0.1, 0.15) is 0 Å². The Morgan fingerprint density at radius 1 is 0.733 bits per heavy atom. The highest BCUT2D eigenvalue weighted by Crippen LogP contribution is 2.10. The SMILES string of the molecule is CC(=C\c1ccccc1)/C=C(\C)CO.CCOC/C(C)=C/C(C)=C/c1ccccc1. The van der Waals surface area contributed by atoms with Gasteiger partial charge in [-0.25, -0.2) is 0 Å². The van der Waals surface area contributed by atoms with Crippen molar-refractivity contribution in [2.45, 2.75) is 34.6 Å². The van der Waals surface area contributed by atoms with Crippen molar-refractivity contribution in [3.63, 3.8) is 0 Å². The van der Waals surface area contributed by atoms with Gasteiger partial charge >= 0.3 is 0 Å². The Hall–Kier alpha value is -2.68. The Morgan fingerprint density at radius 2 is 1.17 bits per heavy atom. The van der Waals surface area contributed by atoms with E-state index in [4.69, 9.17) is 9.84 Å². The molecule has 0 bridgehead atoms. The van der Waals surface area contributed by atoms with Crippen LogP contribution in [0.3, 0.4) is 0 Å². The van der Waals surface area contributed by atoms with Crippen LogP contribution in [-0.2, 0) is 4.74 Å². The largest absolute Gasteiger partial charge is 0.392 e.